The van der Waals surface area contributed by atoms with Gasteiger partial charge in [0.2, 0.25) is 5.12 Å². The number of halogens is 3. The van der Waals surface area contributed by atoms with Crippen LogP contribution in [0.25, 0.3) is 0 Å². The van der Waals surface area contributed by atoms with Crippen LogP contribution in [0.3, 0.4) is 0 Å². The lowest BCUT2D eigenvalue weighted by Crippen LogP contribution is -2.15. The molecular weight excluding hydrogens is 345 g/mol. The molecule has 132 valence electrons. The average Bonchev–Trinajstić information content (AvgIpc) is 2.54. The highest BCUT2D eigenvalue weighted by atomic mass is 32.2. The Morgan fingerprint density at radius 3 is 2.58 bits per heavy atom. The molecule has 0 amide bonds. The molecular formula is C16H17F3O4S. The molecule has 0 saturated carbocycles. The maximum atomic E-state index is 12.2. The quantitative estimate of drug-likeness (QED) is 0.520. The molecule has 0 aliphatic rings. The largest absolute Gasteiger partial charge is 0.482 e. The second-order valence-electron chi connectivity index (χ2n) is 4.67. The van der Waals surface area contributed by atoms with Gasteiger partial charge >= 0.3 is 12.1 Å². The van der Waals surface area contributed by atoms with Gasteiger partial charge in [-0.15, -0.1) is 0 Å². The molecule has 0 saturated heterocycles. The Kier molecular flexibility index (Phi) is 7.84. The predicted octanol–water partition coefficient (Wildman–Crippen LogP) is 3.79. The molecule has 0 aromatic heterocycles. The summed E-state index contributed by atoms with van der Waals surface area (Å²) in [6.45, 7) is 4.91. The van der Waals surface area contributed by atoms with Gasteiger partial charge in [-0.3, -0.25) is 4.79 Å². The summed E-state index contributed by atoms with van der Waals surface area (Å²) in [7, 11) is 0. The van der Waals surface area contributed by atoms with Gasteiger partial charge in [0, 0.05) is 5.56 Å². The zero-order valence-electron chi connectivity index (χ0n) is 13.0. The van der Waals surface area contributed by atoms with Crippen molar-refractivity contribution < 1.29 is 32.2 Å². The third-order valence-corrected chi connectivity index (χ3v) is 3.67. The maximum absolute atomic E-state index is 12.2. The zero-order valence-corrected chi connectivity index (χ0v) is 13.8. The van der Waals surface area contributed by atoms with Crippen LogP contribution in [-0.4, -0.2) is 36.2 Å². The highest BCUT2D eigenvalue weighted by Crippen LogP contribution is 2.26. The van der Waals surface area contributed by atoms with E-state index in [-0.39, 0.29) is 36.3 Å². The van der Waals surface area contributed by atoms with Gasteiger partial charge in [-0.25, -0.2) is 4.79 Å². The third-order valence-electron chi connectivity index (χ3n) is 2.70. The van der Waals surface area contributed by atoms with E-state index in [9.17, 15) is 22.8 Å². The van der Waals surface area contributed by atoms with Crippen molar-refractivity contribution in [2.75, 3.05) is 19.0 Å². The van der Waals surface area contributed by atoms with Gasteiger partial charge in [-0.2, -0.15) is 13.2 Å². The standard InChI is InChI=1S/C16H17F3O4S/c1-3-5-22-14(20)9-23-13-7-11(4-2)6-12(8-13)15(21)24-10-16(17,18)19/h3,6-8H,1,4-5,9-10H2,2H3. The summed E-state index contributed by atoms with van der Waals surface area (Å²) in [5, 5.41) is -0.707. The van der Waals surface area contributed by atoms with Gasteiger partial charge in [0.25, 0.3) is 0 Å². The Bertz CT molecular complexity index is 599. The van der Waals surface area contributed by atoms with Crippen molar-refractivity contribution in [3.8, 4) is 5.75 Å². The van der Waals surface area contributed by atoms with Crippen LogP contribution in [-0.2, 0) is 16.0 Å². The monoisotopic (exact) mass is 362 g/mol. The molecule has 0 atom stereocenters. The molecule has 1 rings (SSSR count). The van der Waals surface area contributed by atoms with Gasteiger partial charge in [-0.1, -0.05) is 31.3 Å². The molecule has 0 radical (unpaired) electrons. The first-order valence-electron chi connectivity index (χ1n) is 7.02. The third kappa shape index (κ3) is 7.54. The summed E-state index contributed by atoms with van der Waals surface area (Å²) in [6, 6.07) is 4.44. The van der Waals surface area contributed by atoms with E-state index in [1.807, 2.05) is 6.92 Å². The summed E-state index contributed by atoms with van der Waals surface area (Å²) < 4.78 is 46.6. The average molecular weight is 362 g/mol. The van der Waals surface area contributed by atoms with Crippen molar-refractivity contribution in [2.24, 2.45) is 0 Å². The molecule has 0 aliphatic heterocycles. The summed E-state index contributed by atoms with van der Waals surface area (Å²) >= 11 is 0.178. The molecule has 1 aromatic carbocycles. The second kappa shape index (κ2) is 9.36. The molecule has 0 aliphatic carbocycles. The number of hydrogen-bond donors (Lipinski definition) is 0. The van der Waals surface area contributed by atoms with Gasteiger partial charge in [0.1, 0.15) is 12.4 Å². The fourth-order valence-electron chi connectivity index (χ4n) is 1.63. The molecule has 1 aromatic rings. The zero-order chi connectivity index (χ0) is 18.2. The molecule has 0 unspecified atom stereocenters. The first-order valence-corrected chi connectivity index (χ1v) is 8.01. The fourth-order valence-corrected chi connectivity index (χ4v) is 2.21. The van der Waals surface area contributed by atoms with Crippen LogP contribution in [0.2, 0.25) is 0 Å². The summed E-state index contributed by atoms with van der Waals surface area (Å²) in [4.78, 5) is 23.3. The second-order valence-corrected chi connectivity index (χ2v) is 5.62. The Hall–Kier alpha value is -1.96. The van der Waals surface area contributed by atoms with E-state index in [2.05, 4.69) is 6.58 Å². The van der Waals surface area contributed by atoms with E-state index in [1.165, 1.54) is 18.2 Å². The summed E-state index contributed by atoms with van der Waals surface area (Å²) in [6.07, 6.45) is -2.45. The minimum atomic E-state index is -4.42. The fraction of sp³-hybridized carbons (Fsp3) is 0.375. The number of esters is 1. The van der Waals surface area contributed by atoms with Gasteiger partial charge < -0.3 is 9.47 Å². The van der Waals surface area contributed by atoms with Gasteiger partial charge in [-0.05, 0) is 30.2 Å². The van der Waals surface area contributed by atoms with E-state index in [0.717, 1.165) is 0 Å². The van der Waals surface area contributed by atoms with E-state index in [4.69, 9.17) is 9.47 Å². The van der Waals surface area contributed by atoms with Crippen LogP contribution in [0.1, 0.15) is 22.8 Å². The lowest BCUT2D eigenvalue weighted by atomic mass is 10.1. The molecule has 0 N–H and O–H groups in total. The van der Waals surface area contributed by atoms with Crippen molar-refractivity contribution in [3.63, 3.8) is 0 Å². The topological polar surface area (TPSA) is 52.6 Å². The molecule has 4 nitrogen and oxygen atoms in total. The van der Waals surface area contributed by atoms with Crippen LogP contribution in [0.4, 0.5) is 13.2 Å². The van der Waals surface area contributed by atoms with Crippen molar-refractivity contribution in [3.05, 3.63) is 42.0 Å². The lowest BCUT2D eigenvalue weighted by Gasteiger charge is -2.10. The van der Waals surface area contributed by atoms with Crippen molar-refractivity contribution in [1.29, 1.82) is 0 Å². The Balaban J connectivity index is 2.78. The van der Waals surface area contributed by atoms with Crippen molar-refractivity contribution in [1.82, 2.24) is 0 Å². The highest BCUT2D eigenvalue weighted by molar-refractivity contribution is 8.14. The first-order chi connectivity index (χ1) is 11.2. The van der Waals surface area contributed by atoms with E-state index < -0.39 is 23.0 Å². The number of rotatable bonds is 8. The molecule has 8 heteroatoms. The number of thioether (sulfide) groups is 1. The minimum absolute atomic E-state index is 0.0506. The minimum Gasteiger partial charge on any atom is -0.482 e. The first kappa shape index (κ1) is 20.1. The predicted molar refractivity (Wildman–Crippen MR) is 85.3 cm³/mol. The van der Waals surface area contributed by atoms with Crippen molar-refractivity contribution in [2.45, 2.75) is 19.5 Å². The Morgan fingerprint density at radius 1 is 1.29 bits per heavy atom. The number of aryl methyl sites for hydroxylation is 1. The number of carbonyl (C=O) groups excluding carboxylic acids is 2. The Morgan fingerprint density at radius 2 is 2.00 bits per heavy atom. The SMILES string of the molecule is C=CCOC(=O)COc1cc(CC)cc(C(=O)SCC(F)(F)F)c1. The number of alkyl halides is 3. The number of carbonyl (C=O) groups is 2. The van der Waals surface area contributed by atoms with Crippen LogP contribution >= 0.6 is 11.8 Å². The molecule has 0 spiro atoms. The molecule has 0 bridgehead atoms. The number of ether oxygens (including phenoxy) is 2. The van der Waals surface area contributed by atoms with Gasteiger partial charge in [0.15, 0.2) is 6.61 Å². The molecule has 24 heavy (non-hydrogen) atoms. The summed E-state index contributed by atoms with van der Waals surface area (Å²) in [5.74, 6) is -1.65. The number of hydrogen-bond acceptors (Lipinski definition) is 5. The maximum Gasteiger partial charge on any atom is 0.398 e. The van der Waals surface area contributed by atoms with Gasteiger partial charge in [0.05, 0.1) is 5.75 Å². The molecule has 0 fully saturated rings. The lowest BCUT2D eigenvalue weighted by molar-refractivity contribution is -0.144. The van der Waals surface area contributed by atoms with Crippen LogP contribution < -0.4 is 4.74 Å². The smallest absolute Gasteiger partial charge is 0.398 e. The van der Waals surface area contributed by atoms with Crippen LogP contribution in [0, 0.1) is 0 Å². The van der Waals surface area contributed by atoms with E-state index in [0.29, 0.717) is 12.0 Å². The molecule has 0 heterocycles. The van der Waals surface area contributed by atoms with Crippen LogP contribution in [0.5, 0.6) is 5.75 Å². The highest BCUT2D eigenvalue weighted by Gasteiger charge is 2.29. The van der Waals surface area contributed by atoms with E-state index in [1.54, 1.807) is 6.07 Å². The van der Waals surface area contributed by atoms with E-state index >= 15 is 0 Å². The Labute approximate surface area is 142 Å². The van der Waals surface area contributed by atoms with Crippen molar-refractivity contribution >= 4 is 22.8 Å². The van der Waals surface area contributed by atoms with Crippen LogP contribution in [0.15, 0.2) is 30.9 Å². The normalized spacial score (nSPS) is 11.0. The summed E-state index contributed by atoms with van der Waals surface area (Å²) in [5.41, 5.74) is 0.806. The number of benzene rings is 1.